The zero-order chi connectivity index (χ0) is 14.6. The largest absolute Gasteiger partial charge is 0.325 e. The van der Waals surface area contributed by atoms with Gasteiger partial charge in [-0.3, -0.25) is 0 Å². The summed E-state index contributed by atoms with van der Waals surface area (Å²) in [7, 11) is 6.41. The van der Waals surface area contributed by atoms with Gasteiger partial charge in [-0.05, 0) is 45.4 Å². The van der Waals surface area contributed by atoms with Crippen molar-refractivity contribution in [3.05, 3.63) is 65.2 Å². The normalized spacial score (nSPS) is 20.9. The van der Waals surface area contributed by atoms with E-state index in [1.807, 2.05) is 6.08 Å². The van der Waals surface area contributed by atoms with Crippen molar-refractivity contribution < 1.29 is 0 Å². The van der Waals surface area contributed by atoms with Crippen LogP contribution in [0.2, 0.25) is 0 Å². The van der Waals surface area contributed by atoms with Gasteiger partial charge in [0.25, 0.3) is 0 Å². The van der Waals surface area contributed by atoms with Gasteiger partial charge in [0, 0.05) is 6.04 Å². The fraction of sp³-hybridized carbons (Fsp3) is 0.158. The van der Waals surface area contributed by atoms with E-state index in [1.165, 1.54) is 38.2 Å². The van der Waals surface area contributed by atoms with E-state index in [1.54, 1.807) is 0 Å². The minimum atomic E-state index is -0.153. The SMILES string of the molecule is [B]C1c2c(c3cc(C)ccc3c3ccccc23)C=CC1N. The standard InChI is InChI=1S/C19H16BN/c1-11-6-7-13-12-4-2-3-5-14(12)18-15(16(13)10-11)8-9-17(21)19(18)20/h2-10,17,19H,21H2,1H3. The molecule has 0 heterocycles. The van der Waals surface area contributed by atoms with Crippen LogP contribution in [0, 0.1) is 6.92 Å². The highest BCUT2D eigenvalue weighted by Crippen LogP contribution is 2.40. The lowest BCUT2D eigenvalue weighted by molar-refractivity contribution is 0.778. The highest BCUT2D eigenvalue weighted by atomic mass is 14.6. The monoisotopic (exact) mass is 269 g/mol. The lowest BCUT2D eigenvalue weighted by Crippen LogP contribution is -2.29. The molecule has 2 atom stereocenters. The van der Waals surface area contributed by atoms with Crippen LogP contribution in [0.1, 0.15) is 22.5 Å². The Balaban J connectivity index is 2.28. The Morgan fingerprint density at radius 1 is 0.952 bits per heavy atom. The van der Waals surface area contributed by atoms with Gasteiger partial charge in [-0.15, -0.1) is 0 Å². The van der Waals surface area contributed by atoms with Gasteiger partial charge >= 0.3 is 0 Å². The van der Waals surface area contributed by atoms with Crippen molar-refractivity contribution >= 4 is 35.5 Å². The van der Waals surface area contributed by atoms with E-state index in [2.05, 4.69) is 55.5 Å². The second-order valence-electron chi connectivity index (χ2n) is 5.88. The molecule has 3 aromatic carbocycles. The summed E-state index contributed by atoms with van der Waals surface area (Å²) in [4.78, 5) is 0. The summed E-state index contributed by atoms with van der Waals surface area (Å²) < 4.78 is 0. The summed E-state index contributed by atoms with van der Waals surface area (Å²) in [6, 6.07) is 15.0. The second kappa shape index (κ2) is 4.47. The summed E-state index contributed by atoms with van der Waals surface area (Å²) in [5.74, 6) is -0.153. The number of hydrogen-bond acceptors (Lipinski definition) is 1. The van der Waals surface area contributed by atoms with Gasteiger partial charge in [-0.25, -0.2) is 0 Å². The first-order chi connectivity index (χ1) is 10.2. The zero-order valence-electron chi connectivity index (χ0n) is 12.0. The molecule has 0 saturated heterocycles. The highest BCUT2D eigenvalue weighted by molar-refractivity contribution is 6.20. The van der Waals surface area contributed by atoms with Crippen LogP contribution in [0.5, 0.6) is 0 Å². The molecule has 2 heteroatoms. The summed E-state index contributed by atoms with van der Waals surface area (Å²) in [5, 5.41) is 5.02. The first-order valence-corrected chi connectivity index (χ1v) is 7.31. The third-order valence-electron chi connectivity index (χ3n) is 4.50. The molecule has 2 unspecified atom stereocenters. The Hall–Kier alpha value is -2.06. The van der Waals surface area contributed by atoms with E-state index in [0.717, 1.165) is 0 Å². The minimum absolute atomic E-state index is 0.122. The average molecular weight is 269 g/mol. The van der Waals surface area contributed by atoms with Gasteiger partial charge in [0.15, 0.2) is 0 Å². The Morgan fingerprint density at radius 2 is 1.67 bits per heavy atom. The Kier molecular flexibility index (Phi) is 2.70. The van der Waals surface area contributed by atoms with Crippen molar-refractivity contribution in [1.82, 2.24) is 0 Å². The fourth-order valence-corrected chi connectivity index (χ4v) is 3.42. The summed E-state index contributed by atoms with van der Waals surface area (Å²) in [5.41, 5.74) is 9.81. The van der Waals surface area contributed by atoms with Crippen molar-refractivity contribution in [3.8, 4) is 0 Å². The molecule has 1 aliphatic carbocycles. The van der Waals surface area contributed by atoms with Crippen molar-refractivity contribution in [2.75, 3.05) is 0 Å². The fourth-order valence-electron chi connectivity index (χ4n) is 3.42. The molecule has 4 rings (SSSR count). The quantitative estimate of drug-likeness (QED) is 0.486. The van der Waals surface area contributed by atoms with Gasteiger partial charge in [0.1, 0.15) is 0 Å². The molecule has 0 fully saturated rings. The van der Waals surface area contributed by atoms with Gasteiger partial charge in [-0.1, -0.05) is 60.2 Å². The van der Waals surface area contributed by atoms with Gasteiger partial charge < -0.3 is 5.73 Å². The molecule has 1 nitrogen and oxygen atoms in total. The second-order valence-corrected chi connectivity index (χ2v) is 5.88. The average Bonchev–Trinajstić information content (AvgIpc) is 2.50. The Morgan fingerprint density at radius 3 is 2.48 bits per heavy atom. The third kappa shape index (κ3) is 1.76. The van der Waals surface area contributed by atoms with E-state index in [0.29, 0.717) is 0 Å². The van der Waals surface area contributed by atoms with E-state index < -0.39 is 0 Å². The zero-order valence-corrected chi connectivity index (χ0v) is 12.0. The van der Waals surface area contributed by atoms with E-state index in [-0.39, 0.29) is 11.9 Å². The van der Waals surface area contributed by atoms with E-state index in [9.17, 15) is 0 Å². The van der Waals surface area contributed by atoms with Crippen LogP contribution in [0.15, 0.2) is 48.5 Å². The minimum Gasteiger partial charge on any atom is -0.325 e. The lowest BCUT2D eigenvalue weighted by atomic mass is 9.69. The molecule has 21 heavy (non-hydrogen) atoms. The highest BCUT2D eigenvalue weighted by Gasteiger charge is 2.23. The molecule has 2 N–H and O–H groups in total. The van der Waals surface area contributed by atoms with Crippen molar-refractivity contribution in [3.63, 3.8) is 0 Å². The van der Waals surface area contributed by atoms with Crippen LogP contribution < -0.4 is 5.73 Å². The smallest absolute Gasteiger partial charge is 0.0789 e. The molecular formula is C19H16BN. The number of fused-ring (bicyclic) bond motifs is 6. The lowest BCUT2D eigenvalue weighted by Gasteiger charge is -2.27. The van der Waals surface area contributed by atoms with Crippen LogP contribution in [0.4, 0.5) is 0 Å². The molecule has 100 valence electrons. The maximum Gasteiger partial charge on any atom is 0.0789 e. The van der Waals surface area contributed by atoms with Crippen molar-refractivity contribution in [1.29, 1.82) is 0 Å². The number of aryl methyl sites for hydroxylation is 1. The first kappa shape index (κ1) is 12.7. The van der Waals surface area contributed by atoms with E-state index >= 15 is 0 Å². The molecule has 0 aliphatic heterocycles. The molecule has 2 radical (unpaired) electrons. The number of benzene rings is 3. The number of hydrogen-bond donors (Lipinski definition) is 1. The van der Waals surface area contributed by atoms with E-state index in [4.69, 9.17) is 13.6 Å². The predicted molar refractivity (Wildman–Crippen MR) is 91.7 cm³/mol. The molecule has 0 amide bonds. The molecular weight excluding hydrogens is 253 g/mol. The number of nitrogens with two attached hydrogens (primary N) is 1. The molecule has 0 aromatic heterocycles. The maximum absolute atomic E-state index is 6.41. The number of rotatable bonds is 0. The van der Waals surface area contributed by atoms with Gasteiger partial charge in [0.05, 0.1) is 7.85 Å². The van der Waals surface area contributed by atoms with Crippen LogP contribution in [-0.4, -0.2) is 13.9 Å². The maximum atomic E-state index is 6.41. The molecule has 0 bridgehead atoms. The van der Waals surface area contributed by atoms with Crippen LogP contribution in [0.25, 0.3) is 27.6 Å². The summed E-state index contributed by atoms with van der Waals surface area (Å²) >= 11 is 0. The molecule has 0 spiro atoms. The third-order valence-corrected chi connectivity index (χ3v) is 4.50. The topological polar surface area (TPSA) is 26.0 Å². The molecule has 0 saturated carbocycles. The van der Waals surface area contributed by atoms with Crippen molar-refractivity contribution in [2.24, 2.45) is 5.73 Å². The molecule has 1 aliphatic rings. The molecule has 3 aromatic rings. The van der Waals surface area contributed by atoms with Gasteiger partial charge in [0.2, 0.25) is 0 Å². The van der Waals surface area contributed by atoms with Crippen molar-refractivity contribution in [2.45, 2.75) is 18.8 Å². The van der Waals surface area contributed by atoms with Crippen LogP contribution >= 0.6 is 0 Å². The summed E-state index contributed by atoms with van der Waals surface area (Å²) in [6.07, 6.45) is 4.15. The van der Waals surface area contributed by atoms with Gasteiger partial charge in [-0.2, -0.15) is 0 Å². The Labute approximate surface area is 125 Å². The predicted octanol–water partition coefficient (Wildman–Crippen LogP) is 3.87. The Bertz CT molecular complexity index is 895. The van der Waals surface area contributed by atoms with Crippen LogP contribution in [-0.2, 0) is 0 Å². The van der Waals surface area contributed by atoms with Crippen LogP contribution in [0.3, 0.4) is 0 Å². The first-order valence-electron chi connectivity index (χ1n) is 7.31. The summed E-state index contributed by atoms with van der Waals surface area (Å²) in [6.45, 7) is 2.12.